The highest BCUT2D eigenvalue weighted by atomic mass is 16.5. The van der Waals surface area contributed by atoms with Gasteiger partial charge in [0.25, 0.3) is 0 Å². The molecule has 4 heterocycles. The molecule has 7 nitrogen and oxygen atoms in total. The summed E-state index contributed by atoms with van der Waals surface area (Å²) in [6.07, 6.45) is 3.60. The van der Waals surface area contributed by atoms with E-state index >= 15 is 0 Å². The number of fused-ring (bicyclic) bond motifs is 1. The van der Waals surface area contributed by atoms with Crippen molar-refractivity contribution in [3.63, 3.8) is 0 Å². The topological polar surface area (TPSA) is 76.1 Å². The van der Waals surface area contributed by atoms with Crippen LogP contribution in [0.2, 0.25) is 0 Å². The summed E-state index contributed by atoms with van der Waals surface area (Å²) in [7, 11) is 0. The Labute approximate surface area is 187 Å². The molecule has 162 valence electrons. The quantitative estimate of drug-likeness (QED) is 0.508. The molecule has 1 aliphatic heterocycles. The molecule has 4 aromatic rings. The number of ether oxygens (including phenoxy) is 1. The van der Waals surface area contributed by atoms with Gasteiger partial charge in [0.05, 0.1) is 29.7 Å². The molecular formula is C25H26N6O. The van der Waals surface area contributed by atoms with Gasteiger partial charge in [-0.25, -0.2) is 9.97 Å². The van der Waals surface area contributed by atoms with E-state index in [1.165, 1.54) is 10.9 Å². The lowest BCUT2D eigenvalue weighted by Crippen LogP contribution is -2.38. The summed E-state index contributed by atoms with van der Waals surface area (Å²) in [6, 6.07) is 16.5. The molecule has 0 aliphatic carbocycles. The summed E-state index contributed by atoms with van der Waals surface area (Å²) in [5.41, 5.74) is 5.97. The first kappa shape index (κ1) is 20.5. The number of aryl methyl sites for hydroxylation is 2. The second-order valence-electron chi connectivity index (χ2n) is 8.20. The Kier molecular flexibility index (Phi) is 5.75. The van der Waals surface area contributed by atoms with Crippen LogP contribution >= 0.6 is 0 Å². The van der Waals surface area contributed by atoms with E-state index in [1.807, 2.05) is 50.5 Å². The molecule has 0 spiro atoms. The second kappa shape index (κ2) is 8.98. The number of nitrogens with one attached hydrogen (secondary N) is 1. The molecule has 1 fully saturated rings. The van der Waals surface area contributed by atoms with Gasteiger partial charge in [0.2, 0.25) is 5.95 Å². The fourth-order valence-electron chi connectivity index (χ4n) is 4.09. The van der Waals surface area contributed by atoms with Crippen LogP contribution in [-0.4, -0.2) is 44.5 Å². The van der Waals surface area contributed by atoms with Gasteiger partial charge in [-0.05, 0) is 55.8 Å². The summed E-state index contributed by atoms with van der Waals surface area (Å²) < 4.78 is 6.03. The fourth-order valence-corrected chi connectivity index (χ4v) is 4.09. The predicted molar refractivity (Wildman–Crippen MR) is 125 cm³/mol. The minimum Gasteiger partial charge on any atom is -0.369 e. The second-order valence-corrected chi connectivity index (χ2v) is 8.20. The Balaban J connectivity index is 1.24. The number of hydrogen-bond donors (Lipinski definition) is 1. The lowest BCUT2D eigenvalue weighted by molar-refractivity contribution is -0.0349. The molecule has 32 heavy (non-hydrogen) atoms. The zero-order chi connectivity index (χ0) is 21.9. The van der Waals surface area contributed by atoms with Crippen LogP contribution < -0.4 is 5.32 Å². The Bertz CT molecular complexity index is 1210. The number of pyridine rings is 2. The van der Waals surface area contributed by atoms with Crippen molar-refractivity contribution in [2.45, 2.75) is 26.5 Å². The van der Waals surface area contributed by atoms with Crippen LogP contribution in [0.25, 0.3) is 10.9 Å². The Morgan fingerprint density at radius 1 is 1.03 bits per heavy atom. The standard InChI is InChI=1S/C25H26N6O/c1-17-12-18(2)29-25(28-17)30-21-6-8-23(27-14-21)24-16-31(10-11-32-24)15-19-5-7-22-20(13-19)4-3-9-26-22/h3-9,12-14,24H,10-11,15-16H2,1-2H3,(H,28,29,30)/t24-/m0/s1. The van der Waals surface area contributed by atoms with Crippen molar-refractivity contribution in [3.8, 4) is 0 Å². The van der Waals surface area contributed by atoms with Gasteiger partial charge in [0, 0.05) is 42.6 Å². The van der Waals surface area contributed by atoms with Crippen LogP contribution in [0.15, 0.2) is 60.9 Å². The normalized spacial score (nSPS) is 16.9. The number of aromatic nitrogens is 4. The molecule has 5 rings (SSSR count). The smallest absolute Gasteiger partial charge is 0.227 e. The highest BCUT2D eigenvalue weighted by molar-refractivity contribution is 5.78. The summed E-state index contributed by atoms with van der Waals surface area (Å²) >= 11 is 0. The summed E-state index contributed by atoms with van der Waals surface area (Å²) in [4.78, 5) is 20.3. The molecule has 0 radical (unpaired) electrons. The lowest BCUT2D eigenvalue weighted by Gasteiger charge is -2.32. The van der Waals surface area contributed by atoms with Crippen molar-refractivity contribution in [2.24, 2.45) is 0 Å². The summed E-state index contributed by atoms with van der Waals surface area (Å²) in [6.45, 7) is 7.22. The highest BCUT2D eigenvalue weighted by Gasteiger charge is 2.23. The van der Waals surface area contributed by atoms with E-state index in [-0.39, 0.29) is 6.10 Å². The maximum Gasteiger partial charge on any atom is 0.227 e. The maximum atomic E-state index is 6.03. The Morgan fingerprint density at radius 2 is 1.91 bits per heavy atom. The zero-order valence-electron chi connectivity index (χ0n) is 18.3. The van der Waals surface area contributed by atoms with Crippen LogP contribution in [0.3, 0.4) is 0 Å². The molecule has 0 amide bonds. The van der Waals surface area contributed by atoms with Crippen LogP contribution in [0.4, 0.5) is 11.6 Å². The molecule has 1 aromatic carbocycles. The van der Waals surface area contributed by atoms with Crippen LogP contribution in [-0.2, 0) is 11.3 Å². The summed E-state index contributed by atoms with van der Waals surface area (Å²) in [5, 5.41) is 4.40. The van der Waals surface area contributed by atoms with Gasteiger partial charge in [0.15, 0.2) is 0 Å². The van der Waals surface area contributed by atoms with E-state index in [0.29, 0.717) is 12.6 Å². The van der Waals surface area contributed by atoms with Crippen LogP contribution in [0.1, 0.15) is 28.7 Å². The van der Waals surface area contributed by atoms with Crippen LogP contribution in [0.5, 0.6) is 0 Å². The minimum atomic E-state index is -0.0441. The number of benzene rings is 1. The number of hydrogen-bond acceptors (Lipinski definition) is 7. The molecule has 0 bridgehead atoms. The third-order valence-corrected chi connectivity index (χ3v) is 5.58. The largest absolute Gasteiger partial charge is 0.369 e. The van der Waals surface area contributed by atoms with Crippen molar-refractivity contribution in [1.29, 1.82) is 0 Å². The predicted octanol–water partition coefficient (Wildman–Crippen LogP) is 4.35. The SMILES string of the molecule is Cc1cc(C)nc(Nc2ccc([C@@H]3CN(Cc4ccc5ncccc5c4)CCO3)nc2)n1. The maximum absolute atomic E-state index is 6.03. The van der Waals surface area contributed by atoms with Crippen molar-refractivity contribution in [2.75, 3.05) is 25.0 Å². The van der Waals surface area contributed by atoms with E-state index in [4.69, 9.17) is 4.74 Å². The summed E-state index contributed by atoms with van der Waals surface area (Å²) in [5.74, 6) is 0.586. The first-order chi connectivity index (χ1) is 15.6. The van der Waals surface area contributed by atoms with E-state index < -0.39 is 0 Å². The van der Waals surface area contributed by atoms with E-state index in [0.717, 1.165) is 47.9 Å². The third-order valence-electron chi connectivity index (χ3n) is 5.58. The van der Waals surface area contributed by atoms with E-state index in [9.17, 15) is 0 Å². The van der Waals surface area contributed by atoms with Gasteiger partial charge in [0.1, 0.15) is 6.10 Å². The van der Waals surface area contributed by atoms with Gasteiger partial charge in [-0.1, -0.05) is 12.1 Å². The fraction of sp³-hybridized carbons (Fsp3) is 0.280. The third kappa shape index (κ3) is 4.74. The number of nitrogens with zero attached hydrogens (tertiary/aromatic N) is 5. The average Bonchev–Trinajstić information content (AvgIpc) is 2.79. The van der Waals surface area contributed by atoms with Crippen LogP contribution in [0, 0.1) is 13.8 Å². The van der Waals surface area contributed by atoms with Crippen molar-refractivity contribution < 1.29 is 4.74 Å². The molecule has 1 saturated heterocycles. The van der Waals surface area contributed by atoms with Gasteiger partial charge in [-0.2, -0.15) is 0 Å². The molecule has 3 aromatic heterocycles. The van der Waals surface area contributed by atoms with Gasteiger partial charge < -0.3 is 10.1 Å². The van der Waals surface area contributed by atoms with Crippen molar-refractivity contribution in [1.82, 2.24) is 24.8 Å². The monoisotopic (exact) mass is 426 g/mol. The number of rotatable bonds is 5. The Hall–Kier alpha value is -3.42. The molecular weight excluding hydrogens is 400 g/mol. The van der Waals surface area contributed by atoms with Gasteiger partial charge in [-0.3, -0.25) is 14.9 Å². The van der Waals surface area contributed by atoms with Gasteiger partial charge >= 0.3 is 0 Å². The molecule has 7 heteroatoms. The first-order valence-corrected chi connectivity index (χ1v) is 10.9. The van der Waals surface area contributed by atoms with E-state index in [2.05, 4.69) is 54.4 Å². The average molecular weight is 427 g/mol. The molecule has 0 unspecified atom stereocenters. The van der Waals surface area contributed by atoms with Crippen molar-refractivity contribution in [3.05, 3.63) is 83.6 Å². The number of anilines is 2. The van der Waals surface area contributed by atoms with Crippen molar-refractivity contribution >= 4 is 22.5 Å². The lowest BCUT2D eigenvalue weighted by atomic mass is 10.1. The Morgan fingerprint density at radius 3 is 2.72 bits per heavy atom. The van der Waals surface area contributed by atoms with E-state index in [1.54, 1.807) is 0 Å². The molecule has 0 saturated carbocycles. The zero-order valence-corrected chi connectivity index (χ0v) is 18.3. The molecule has 1 N–H and O–H groups in total. The highest BCUT2D eigenvalue weighted by Crippen LogP contribution is 2.24. The molecule has 1 atom stereocenters. The first-order valence-electron chi connectivity index (χ1n) is 10.9. The van der Waals surface area contributed by atoms with Gasteiger partial charge in [-0.15, -0.1) is 0 Å². The molecule has 1 aliphatic rings. The minimum absolute atomic E-state index is 0.0441. The number of morpholine rings is 1.